The van der Waals surface area contributed by atoms with Gasteiger partial charge in [0.25, 0.3) is 5.91 Å². The maximum absolute atomic E-state index is 13.7. The zero-order valence-corrected chi connectivity index (χ0v) is 14.4. The largest absolute Gasteiger partial charge is 0.494 e. The summed E-state index contributed by atoms with van der Waals surface area (Å²) < 4.78 is 41.7. The number of benzene rings is 2. The van der Waals surface area contributed by atoms with E-state index in [9.17, 15) is 17.6 Å². The third-order valence-corrected chi connectivity index (χ3v) is 4.60. The van der Waals surface area contributed by atoms with Crippen LogP contribution < -0.4 is 4.74 Å². The Bertz CT molecular complexity index is 865. The van der Waals surface area contributed by atoms with Gasteiger partial charge in [0.05, 0.1) is 12.0 Å². The molecular formula is C17H18FNO4S. The maximum atomic E-state index is 13.7. The van der Waals surface area contributed by atoms with E-state index in [1.165, 1.54) is 42.3 Å². The molecule has 0 saturated carbocycles. The number of rotatable bonds is 5. The Morgan fingerprint density at radius 3 is 2.50 bits per heavy atom. The van der Waals surface area contributed by atoms with Crippen LogP contribution in [-0.2, 0) is 16.4 Å². The second-order valence-electron chi connectivity index (χ2n) is 5.43. The Labute approximate surface area is 140 Å². The van der Waals surface area contributed by atoms with Crippen LogP contribution in [0.15, 0.2) is 47.4 Å². The maximum Gasteiger partial charge on any atom is 0.253 e. The van der Waals surface area contributed by atoms with E-state index in [0.717, 1.165) is 6.26 Å². The Balaban J connectivity index is 2.19. The van der Waals surface area contributed by atoms with E-state index in [-0.39, 0.29) is 28.7 Å². The predicted molar refractivity (Wildman–Crippen MR) is 88.3 cm³/mol. The van der Waals surface area contributed by atoms with Crippen molar-refractivity contribution in [3.05, 3.63) is 59.4 Å². The third-order valence-electron chi connectivity index (χ3n) is 3.49. The highest BCUT2D eigenvalue weighted by Crippen LogP contribution is 2.19. The molecule has 128 valence electrons. The molecule has 5 nitrogen and oxygen atoms in total. The monoisotopic (exact) mass is 351 g/mol. The molecule has 2 aromatic rings. The van der Waals surface area contributed by atoms with Crippen molar-refractivity contribution >= 4 is 15.7 Å². The fraction of sp³-hybridized carbons (Fsp3) is 0.235. The molecule has 0 saturated heterocycles. The van der Waals surface area contributed by atoms with Crippen LogP contribution in [0.5, 0.6) is 5.75 Å². The smallest absolute Gasteiger partial charge is 0.253 e. The van der Waals surface area contributed by atoms with E-state index in [4.69, 9.17) is 4.74 Å². The van der Waals surface area contributed by atoms with Crippen LogP contribution in [0, 0.1) is 5.82 Å². The number of halogens is 1. The van der Waals surface area contributed by atoms with Crippen molar-refractivity contribution in [1.29, 1.82) is 0 Å². The van der Waals surface area contributed by atoms with Gasteiger partial charge < -0.3 is 9.64 Å². The van der Waals surface area contributed by atoms with Gasteiger partial charge >= 0.3 is 0 Å². The van der Waals surface area contributed by atoms with Crippen LogP contribution in [0.2, 0.25) is 0 Å². The molecule has 0 atom stereocenters. The van der Waals surface area contributed by atoms with Gasteiger partial charge in [-0.05, 0) is 35.9 Å². The summed E-state index contributed by atoms with van der Waals surface area (Å²) >= 11 is 0. The zero-order chi connectivity index (χ0) is 17.9. The first-order valence-electron chi connectivity index (χ1n) is 7.10. The highest BCUT2D eigenvalue weighted by molar-refractivity contribution is 7.90. The lowest BCUT2D eigenvalue weighted by atomic mass is 10.1. The van der Waals surface area contributed by atoms with Crippen LogP contribution in [0.1, 0.15) is 15.9 Å². The summed E-state index contributed by atoms with van der Waals surface area (Å²) in [6.45, 7) is 0.183. The van der Waals surface area contributed by atoms with Gasteiger partial charge in [0, 0.05) is 25.4 Å². The van der Waals surface area contributed by atoms with Crippen LogP contribution in [0.3, 0.4) is 0 Å². The molecule has 2 rings (SSSR count). The second-order valence-corrected chi connectivity index (χ2v) is 7.45. The quantitative estimate of drug-likeness (QED) is 0.830. The minimum absolute atomic E-state index is 0.0808. The molecule has 0 fully saturated rings. The molecule has 0 aliphatic rings. The minimum Gasteiger partial charge on any atom is -0.494 e. The zero-order valence-electron chi connectivity index (χ0n) is 13.6. The van der Waals surface area contributed by atoms with E-state index in [1.807, 2.05) is 0 Å². The summed E-state index contributed by atoms with van der Waals surface area (Å²) in [5, 5.41) is 0. The van der Waals surface area contributed by atoms with Gasteiger partial charge in [-0.25, -0.2) is 12.8 Å². The number of hydrogen-bond acceptors (Lipinski definition) is 4. The van der Waals surface area contributed by atoms with Crippen molar-refractivity contribution in [2.45, 2.75) is 11.4 Å². The van der Waals surface area contributed by atoms with E-state index in [0.29, 0.717) is 5.56 Å². The molecule has 0 heterocycles. The number of amides is 1. The van der Waals surface area contributed by atoms with Gasteiger partial charge in [0.15, 0.2) is 21.4 Å². The number of ether oxygens (including phenoxy) is 1. The van der Waals surface area contributed by atoms with Crippen molar-refractivity contribution in [2.24, 2.45) is 0 Å². The van der Waals surface area contributed by atoms with Crippen molar-refractivity contribution in [1.82, 2.24) is 4.90 Å². The van der Waals surface area contributed by atoms with Crippen molar-refractivity contribution < 1.29 is 22.3 Å². The molecule has 0 aromatic heterocycles. The molecule has 0 unspecified atom stereocenters. The molecule has 0 N–H and O–H groups in total. The first-order chi connectivity index (χ1) is 11.2. The number of methoxy groups -OCH3 is 1. The normalized spacial score (nSPS) is 11.2. The molecule has 7 heteroatoms. The van der Waals surface area contributed by atoms with Gasteiger partial charge in [0.1, 0.15) is 0 Å². The number of carbonyl (C=O) groups is 1. The van der Waals surface area contributed by atoms with Crippen LogP contribution in [-0.4, -0.2) is 39.6 Å². The Hall–Kier alpha value is -2.41. The predicted octanol–water partition coefficient (Wildman–Crippen LogP) is 2.51. The van der Waals surface area contributed by atoms with E-state index < -0.39 is 15.7 Å². The minimum atomic E-state index is -3.39. The lowest BCUT2D eigenvalue weighted by Crippen LogP contribution is -2.26. The fourth-order valence-corrected chi connectivity index (χ4v) is 2.90. The molecule has 0 radical (unpaired) electrons. The molecule has 0 aliphatic heterocycles. The van der Waals surface area contributed by atoms with Gasteiger partial charge in [-0.1, -0.05) is 12.1 Å². The average Bonchev–Trinajstić information content (AvgIpc) is 2.53. The SMILES string of the molecule is COc1ccc(CN(C)C(=O)c2cccc(S(C)(=O)=O)c2)cc1F. The highest BCUT2D eigenvalue weighted by atomic mass is 32.2. The van der Waals surface area contributed by atoms with E-state index >= 15 is 0 Å². The lowest BCUT2D eigenvalue weighted by Gasteiger charge is -2.18. The summed E-state index contributed by atoms with van der Waals surface area (Å²) in [6.07, 6.45) is 1.08. The second kappa shape index (κ2) is 7.00. The third kappa shape index (κ3) is 4.11. The van der Waals surface area contributed by atoms with Gasteiger partial charge in [-0.15, -0.1) is 0 Å². The first-order valence-corrected chi connectivity index (χ1v) is 8.99. The molecule has 2 aromatic carbocycles. The van der Waals surface area contributed by atoms with Crippen LogP contribution in [0.4, 0.5) is 4.39 Å². The van der Waals surface area contributed by atoms with E-state index in [2.05, 4.69) is 0 Å². The van der Waals surface area contributed by atoms with Gasteiger partial charge in [0.2, 0.25) is 0 Å². The van der Waals surface area contributed by atoms with E-state index in [1.54, 1.807) is 19.2 Å². The van der Waals surface area contributed by atoms with Gasteiger partial charge in [-0.2, -0.15) is 0 Å². The summed E-state index contributed by atoms with van der Waals surface area (Å²) in [4.78, 5) is 13.9. The number of carbonyl (C=O) groups excluding carboxylic acids is 1. The number of sulfone groups is 1. The Kier molecular flexibility index (Phi) is 5.23. The Morgan fingerprint density at radius 2 is 1.92 bits per heavy atom. The standard InChI is InChI=1S/C17H18FNO4S/c1-19(11-12-7-8-16(23-2)15(18)9-12)17(20)13-5-4-6-14(10-13)24(3,21)22/h4-10H,11H2,1-3H3. The summed E-state index contributed by atoms with van der Waals surface area (Å²) in [6, 6.07) is 10.3. The summed E-state index contributed by atoms with van der Waals surface area (Å²) in [5.41, 5.74) is 0.859. The van der Waals surface area contributed by atoms with Gasteiger partial charge in [-0.3, -0.25) is 4.79 Å². The molecule has 24 heavy (non-hydrogen) atoms. The average molecular weight is 351 g/mol. The topological polar surface area (TPSA) is 63.7 Å². The molecular weight excluding hydrogens is 333 g/mol. The van der Waals surface area contributed by atoms with Crippen molar-refractivity contribution in [3.63, 3.8) is 0 Å². The summed E-state index contributed by atoms with van der Waals surface area (Å²) in [7, 11) is -0.446. The number of nitrogens with zero attached hydrogens (tertiary/aromatic N) is 1. The summed E-state index contributed by atoms with van der Waals surface area (Å²) in [5.74, 6) is -0.722. The molecule has 0 spiro atoms. The number of hydrogen-bond donors (Lipinski definition) is 0. The fourth-order valence-electron chi connectivity index (χ4n) is 2.23. The highest BCUT2D eigenvalue weighted by Gasteiger charge is 2.16. The lowest BCUT2D eigenvalue weighted by molar-refractivity contribution is 0.0784. The van der Waals surface area contributed by atoms with Crippen LogP contribution >= 0.6 is 0 Å². The molecule has 0 bridgehead atoms. The Morgan fingerprint density at radius 1 is 1.21 bits per heavy atom. The van der Waals surface area contributed by atoms with Crippen molar-refractivity contribution in [2.75, 3.05) is 20.4 Å². The van der Waals surface area contributed by atoms with Crippen molar-refractivity contribution in [3.8, 4) is 5.75 Å². The van der Waals surface area contributed by atoms with Crippen LogP contribution in [0.25, 0.3) is 0 Å². The molecule has 0 aliphatic carbocycles. The molecule has 1 amide bonds. The first kappa shape index (κ1) is 17.9.